The van der Waals surface area contributed by atoms with Gasteiger partial charge in [-0.3, -0.25) is 10.2 Å². The van der Waals surface area contributed by atoms with E-state index >= 15 is 0 Å². The minimum absolute atomic E-state index is 0.148. The summed E-state index contributed by atoms with van der Waals surface area (Å²) in [4.78, 5) is 18.4. The summed E-state index contributed by atoms with van der Waals surface area (Å²) in [5, 5.41) is 27.6. The molecule has 6 N–H and O–H groups in total. The van der Waals surface area contributed by atoms with E-state index in [1.807, 2.05) is 0 Å². The number of nitrogens with zero attached hydrogens (tertiary/aromatic N) is 2. The van der Waals surface area contributed by atoms with Crippen LogP contribution in [0.15, 0.2) is 17.3 Å². The van der Waals surface area contributed by atoms with Gasteiger partial charge in [0.1, 0.15) is 23.7 Å². The third-order valence-electron chi connectivity index (χ3n) is 3.66. The molecule has 0 saturated carbocycles. The summed E-state index contributed by atoms with van der Waals surface area (Å²) in [6.45, 7) is 1.63. The van der Waals surface area contributed by atoms with E-state index in [1.54, 1.807) is 6.92 Å². The predicted octanol–water partition coefficient (Wildman–Crippen LogP) is -1.35. The lowest BCUT2D eigenvalue weighted by atomic mass is 10.1. The van der Waals surface area contributed by atoms with Crippen LogP contribution < -0.4 is 11.3 Å². The molecule has 0 aromatic carbocycles. The number of H-pyrrole nitrogens is 1. The Hall–Kier alpha value is -2.23. The van der Waals surface area contributed by atoms with E-state index < -0.39 is 30.1 Å². The highest BCUT2D eigenvalue weighted by Gasteiger charge is 2.42. The van der Waals surface area contributed by atoms with Crippen LogP contribution in [0, 0.1) is 5.41 Å². The minimum atomic E-state index is -1.17. The third kappa shape index (κ3) is 1.94. The largest absolute Gasteiger partial charge is 0.388 e. The zero-order chi connectivity index (χ0) is 15.3. The first-order valence-electron chi connectivity index (χ1n) is 6.36. The van der Waals surface area contributed by atoms with Gasteiger partial charge in [0.2, 0.25) is 0 Å². The number of fused-ring (bicyclic) bond motifs is 1. The number of nitrogen functional groups attached to an aromatic ring is 1. The summed E-state index contributed by atoms with van der Waals surface area (Å²) in [6.07, 6.45) is -1.04. The maximum atomic E-state index is 11.9. The number of aromatic amines is 1. The summed E-state index contributed by atoms with van der Waals surface area (Å²) in [6, 6.07) is 0. The Kier molecular flexibility index (Phi) is 3.04. The number of amidine groups is 1. The van der Waals surface area contributed by atoms with Gasteiger partial charge in [0.25, 0.3) is 5.56 Å². The fourth-order valence-corrected chi connectivity index (χ4v) is 2.55. The molecule has 1 unspecified atom stereocenters. The molecule has 0 aliphatic carbocycles. The highest BCUT2D eigenvalue weighted by Crippen LogP contribution is 2.32. The Balaban J connectivity index is 2.23. The molecule has 9 heteroatoms. The third-order valence-corrected chi connectivity index (χ3v) is 3.66. The molecule has 0 bridgehead atoms. The number of rotatable bonds is 2. The minimum Gasteiger partial charge on any atom is -0.388 e. The molecule has 1 fully saturated rings. The first-order chi connectivity index (χ1) is 9.91. The van der Waals surface area contributed by atoms with Crippen LogP contribution in [0.5, 0.6) is 0 Å². The molecule has 4 atom stereocenters. The zero-order valence-electron chi connectivity index (χ0n) is 11.1. The molecule has 0 radical (unpaired) electrons. The van der Waals surface area contributed by atoms with Gasteiger partial charge in [-0.1, -0.05) is 0 Å². The van der Waals surface area contributed by atoms with Crippen molar-refractivity contribution in [2.45, 2.75) is 31.5 Å². The van der Waals surface area contributed by atoms with Gasteiger partial charge in [-0.2, -0.15) is 0 Å². The van der Waals surface area contributed by atoms with E-state index in [4.69, 9.17) is 15.9 Å². The number of aromatic nitrogens is 3. The van der Waals surface area contributed by atoms with Crippen LogP contribution in [-0.4, -0.2) is 48.9 Å². The van der Waals surface area contributed by atoms with Gasteiger partial charge < -0.3 is 30.2 Å². The van der Waals surface area contributed by atoms with Gasteiger partial charge in [0.05, 0.1) is 17.8 Å². The number of aliphatic hydroxyl groups excluding tert-OH is 2. The predicted molar refractivity (Wildman–Crippen MR) is 73.0 cm³/mol. The molecule has 1 aliphatic heterocycles. The van der Waals surface area contributed by atoms with E-state index in [-0.39, 0.29) is 22.4 Å². The molecular formula is C12H15N5O4. The number of ether oxygens (including phenoxy) is 1. The maximum Gasteiger partial charge on any atom is 0.260 e. The average Bonchev–Trinajstić information content (AvgIpc) is 2.94. The van der Waals surface area contributed by atoms with Crippen LogP contribution in [0.2, 0.25) is 0 Å². The molecule has 21 heavy (non-hydrogen) atoms. The van der Waals surface area contributed by atoms with E-state index in [2.05, 4.69) is 9.97 Å². The summed E-state index contributed by atoms with van der Waals surface area (Å²) >= 11 is 0. The monoisotopic (exact) mass is 293 g/mol. The van der Waals surface area contributed by atoms with E-state index in [1.165, 1.54) is 17.1 Å². The summed E-state index contributed by atoms with van der Waals surface area (Å²) in [5.74, 6) is -0.293. The molecule has 3 rings (SSSR count). The number of nitrogens with one attached hydrogen (secondary N) is 2. The Morgan fingerprint density at radius 3 is 2.81 bits per heavy atom. The van der Waals surface area contributed by atoms with Crippen molar-refractivity contribution in [2.75, 3.05) is 0 Å². The van der Waals surface area contributed by atoms with E-state index in [0.717, 1.165) is 0 Å². The lowest BCUT2D eigenvalue weighted by Gasteiger charge is -2.17. The Labute approximate surface area is 118 Å². The van der Waals surface area contributed by atoms with Crippen LogP contribution in [-0.2, 0) is 4.74 Å². The standard InChI is InChI=1S/C12H15N5O4/c1-4-7(18)8(19)12(21-4)17-2-5(9(13)14)6-10(17)15-3-16-11(6)20/h2-4,7-8,12,18-19H,1H3,(H3,13,14)(H,15,16,20)/t4-,7-,8-,12?/m1/s1. The Morgan fingerprint density at radius 2 is 2.24 bits per heavy atom. The second-order valence-electron chi connectivity index (χ2n) is 5.01. The average molecular weight is 293 g/mol. The normalized spacial score (nSPS) is 29.1. The van der Waals surface area contributed by atoms with E-state index in [0.29, 0.717) is 0 Å². The number of aliphatic hydroxyl groups is 2. The van der Waals surface area contributed by atoms with Gasteiger partial charge in [-0.15, -0.1) is 0 Å². The van der Waals surface area contributed by atoms with Gasteiger partial charge in [0, 0.05) is 11.8 Å². The van der Waals surface area contributed by atoms with Crippen molar-refractivity contribution >= 4 is 16.9 Å². The number of hydrogen-bond donors (Lipinski definition) is 5. The first-order valence-corrected chi connectivity index (χ1v) is 6.36. The zero-order valence-corrected chi connectivity index (χ0v) is 11.1. The first kappa shape index (κ1) is 13.7. The summed E-state index contributed by atoms with van der Waals surface area (Å²) < 4.78 is 6.93. The fourth-order valence-electron chi connectivity index (χ4n) is 2.55. The van der Waals surface area contributed by atoms with Crippen molar-refractivity contribution in [1.29, 1.82) is 5.41 Å². The molecule has 1 aliphatic rings. The van der Waals surface area contributed by atoms with Gasteiger partial charge >= 0.3 is 0 Å². The second kappa shape index (κ2) is 4.65. The highest BCUT2D eigenvalue weighted by molar-refractivity contribution is 6.06. The van der Waals surface area contributed by atoms with Crippen molar-refractivity contribution < 1.29 is 14.9 Å². The maximum absolute atomic E-state index is 11.9. The van der Waals surface area contributed by atoms with Gasteiger partial charge in [0.15, 0.2) is 6.23 Å². The molecule has 0 amide bonds. The Bertz CT molecular complexity index is 767. The molecule has 0 spiro atoms. The topological polar surface area (TPSA) is 150 Å². The molecule has 9 nitrogen and oxygen atoms in total. The lowest BCUT2D eigenvalue weighted by molar-refractivity contribution is -0.0296. The molecule has 1 saturated heterocycles. The van der Waals surface area contributed by atoms with E-state index in [9.17, 15) is 15.0 Å². The van der Waals surface area contributed by atoms with Crippen molar-refractivity contribution in [3.63, 3.8) is 0 Å². The molecule has 2 aromatic heterocycles. The highest BCUT2D eigenvalue weighted by atomic mass is 16.6. The molecule has 3 heterocycles. The quantitative estimate of drug-likeness (QED) is 0.341. The SMILES string of the molecule is C[C@H]1OC(n2cc(C(=N)N)c3c(=O)[nH]cnc32)[C@H](O)[C@@H]1O. The van der Waals surface area contributed by atoms with Crippen molar-refractivity contribution in [3.8, 4) is 0 Å². The molecule has 2 aromatic rings. The Morgan fingerprint density at radius 1 is 1.52 bits per heavy atom. The summed E-state index contributed by atoms with van der Waals surface area (Å²) in [5.41, 5.74) is 5.48. The van der Waals surface area contributed by atoms with Crippen LogP contribution in [0.3, 0.4) is 0 Å². The smallest absolute Gasteiger partial charge is 0.260 e. The van der Waals surface area contributed by atoms with Crippen LogP contribution in [0.25, 0.3) is 11.0 Å². The van der Waals surface area contributed by atoms with Crippen LogP contribution >= 0.6 is 0 Å². The number of hydrogen-bond acceptors (Lipinski definition) is 6. The second-order valence-corrected chi connectivity index (χ2v) is 5.01. The van der Waals surface area contributed by atoms with Crippen molar-refractivity contribution in [2.24, 2.45) is 5.73 Å². The summed E-state index contributed by atoms with van der Waals surface area (Å²) in [7, 11) is 0. The van der Waals surface area contributed by atoms with Gasteiger partial charge in [-0.25, -0.2) is 4.98 Å². The molecular weight excluding hydrogens is 278 g/mol. The lowest BCUT2D eigenvalue weighted by Crippen LogP contribution is -2.30. The van der Waals surface area contributed by atoms with Crippen LogP contribution in [0.1, 0.15) is 18.7 Å². The van der Waals surface area contributed by atoms with Gasteiger partial charge in [-0.05, 0) is 6.92 Å². The van der Waals surface area contributed by atoms with Crippen molar-refractivity contribution in [1.82, 2.24) is 14.5 Å². The van der Waals surface area contributed by atoms with Crippen molar-refractivity contribution in [3.05, 3.63) is 28.4 Å². The number of nitrogens with two attached hydrogens (primary N) is 1. The fraction of sp³-hybridized carbons (Fsp3) is 0.417. The molecule has 112 valence electrons. The van der Waals surface area contributed by atoms with Crippen LogP contribution in [0.4, 0.5) is 0 Å².